The van der Waals surface area contributed by atoms with Crippen LogP contribution in [-0.4, -0.2) is 26.5 Å². The SMILES string of the molecule is Cc1ccccc1S(=O)(=O)NC1CCC(C)NC1C. The second-order valence-electron chi connectivity index (χ2n) is 5.43. The first-order valence-electron chi connectivity index (χ1n) is 6.74. The smallest absolute Gasteiger partial charge is 0.241 e. The Morgan fingerprint density at radius 2 is 1.89 bits per heavy atom. The summed E-state index contributed by atoms with van der Waals surface area (Å²) in [6.07, 6.45) is 1.87. The fourth-order valence-corrected chi connectivity index (χ4v) is 4.21. The number of hydrogen-bond donors (Lipinski definition) is 2. The van der Waals surface area contributed by atoms with E-state index in [4.69, 9.17) is 0 Å². The Labute approximate surface area is 115 Å². The van der Waals surface area contributed by atoms with Gasteiger partial charge < -0.3 is 5.32 Å². The monoisotopic (exact) mass is 282 g/mol. The normalized spacial score (nSPS) is 28.3. The summed E-state index contributed by atoms with van der Waals surface area (Å²) in [5.74, 6) is 0. The van der Waals surface area contributed by atoms with Crippen molar-refractivity contribution in [3.05, 3.63) is 29.8 Å². The van der Waals surface area contributed by atoms with E-state index in [-0.39, 0.29) is 12.1 Å². The molecule has 0 radical (unpaired) electrons. The summed E-state index contributed by atoms with van der Waals surface area (Å²) in [7, 11) is -3.43. The maximum Gasteiger partial charge on any atom is 0.241 e. The summed E-state index contributed by atoms with van der Waals surface area (Å²) in [6, 6.07) is 7.64. The molecule has 0 aliphatic carbocycles. The van der Waals surface area contributed by atoms with Gasteiger partial charge in [-0.2, -0.15) is 0 Å². The van der Waals surface area contributed by atoms with E-state index >= 15 is 0 Å². The van der Waals surface area contributed by atoms with E-state index in [0.29, 0.717) is 10.9 Å². The highest BCUT2D eigenvalue weighted by Gasteiger charge is 2.29. The van der Waals surface area contributed by atoms with Gasteiger partial charge in [0.2, 0.25) is 10.0 Å². The van der Waals surface area contributed by atoms with Crippen molar-refractivity contribution < 1.29 is 8.42 Å². The number of hydrogen-bond acceptors (Lipinski definition) is 3. The summed E-state index contributed by atoms with van der Waals surface area (Å²) in [5.41, 5.74) is 0.778. The van der Waals surface area contributed by atoms with Crippen LogP contribution in [0.4, 0.5) is 0 Å². The first kappa shape index (κ1) is 14.5. The maximum atomic E-state index is 12.4. The van der Waals surface area contributed by atoms with Gasteiger partial charge in [-0.1, -0.05) is 18.2 Å². The lowest BCUT2D eigenvalue weighted by Gasteiger charge is -2.34. The van der Waals surface area contributed by atoms with Gasteiger partial charge in [-0.25, -0.2) is 13.1 Å². The zero-order chi connectivity index (χ0) is 14.0. The van der Waals surface area contributed by atoms with Crippen molar-refractivity contribution in [2.75, 3.05) is 0 Å². The fourth-order valence-electron chi connectivity index (χ4n) is 2.61. The Morgan fingerprint density at radius 3 is 2.53 bits per heavy atom. The topological polar surface area (TPSA) is 58.2 Å². The Morgan fingerprint density at radius 1 is 1.21 bits per heavy atom. The lowest BCUT2D eigenvalue weighted by atomic mass is 9.96. The van der Waals surface area contributed by atoms with Crippen molar-refractivity contribution >= 4 is 10.0 Å². The number of aryl methyl sites for hydroxylation is 1. The molecule has 1 aliphatic heterocycles. The van der Waals surface area contributed by atoms with Crippen LogP contribution in [0.25, 0.3) is 0 Å². The average molecular weight is 282 g/mol. The van der Waals surface area contributed by atoms with Gasteiger partial charge in [0.05, 0.1) is 4.90 Å². The fraction of sp³-hybridized carbons (Fsp3) is 0.571. The molecule has 1 aromatic carbocycles. The molecule has 0 saturated carbocycles. The summed E-state index contributed by atoms with van der Waals surface area (Å²) in [4.78, 5) is 0.376. The number of piperidine rings is 1. The highest BCUT2D eigenvalue weighted by atomic mass is 32.2. The van der Waals surface area contributed by atoms with E-state index in [9.17, 15) is 8.42 Å². The predicted molar refractivity (Wildman–Crippen MR) is 76.6 cm³/mol. The Balaban J connectivity index is 2.16. The third kappa shape index (κ3) is 3.35. The van der Waals surface area contributed by atoms with Crippen molar-refractivity contribution in [3.63, 3.8) is 0 Å². The summed E-state index contributed by atoms with van der Waals surface area (Å²) < 4.78 is 27.7. The van der Waals surface area contributed by atoms with Gasteiger partial charge in [0.25, 0.3) is 0 Å². The molecular formula is C14H22N2O2S. The van der Waals surface area contributed by atoms with Crippen LogP contribution >= 0.6 is 0 Å². The lowest BCUT2D eigenvalue weighted by molar-refractivity contribution is 0.297. The zero-order valence-electron chi connectivity index (χ0n) is 11.7. The minimum Gasteiger partial charge on any atom is -0.310 e. The van der Waals surface area contributed by atoms with E-state index in [1.807, 2.05) is 26.0 Å². The van der Waals surface area contributed by atoms with E-state index in [1.54, 1.807) is 12.1 Å². The Hall–Kier alpha value is -0.910. The van der Waals surface area contributed by atoms with Crippen LogP contribution in [0.15, 0.2) is 29.2 Å². The van der Waals surface area contributed by atoms with Crippen LogP contribution in [-0.2, 0) is 10.0 Å². The maximum absolute atomic E-state index is 12.4. The van der Waals surface area contributed by atoms with Gasteiger partial charge >= 0.3 is 0 Å². The average Bonchev–Trinajstić information content (AvgIpc) is 2.33. The highest BCUT2D eigenvalue weighted by molar-refractivity contribution is 7.89. The second-order valence-corrected chi connectivity index (χ2v) is 7.11. The van der Waals surface area contributed by atoms with Crippen LogP contribution in [0, 0.1) is 6.92 Å². The molecule has 5 heteroatoms. The third-order valence-electron chi connectivity index (χ3n) is 3.75. The quantitative estimate of drug-likeness (QED) is 0.889. The molecule has 1 fully saturated rings. The van der Waals surface area contributed by atoms with Gasteiger partial charge in [-0.15, -0.1) is 0 Å². The molecule has 0 bridgehead atoms. The van der Waals surface area contributed by atoms with Gasteiger partial charge in [-0.05, 0) is 45.2 Å². The molecular weight excluding hydrogens is 260 g/mol. The minimum atomic E-state index is -3.43. The van der Waals surface area contributed by atoms with Gasteiger partial charge in [0.1, 0.15) is 0 Å². The predicted octanol–water partition coefficient (Wildman–Crippen LogP) is 1.80. The molecule has 0 aromatic heterocycles. The summed E-state index contributed by atoms with van der Waals surface area (Å²) in [6.45, 7) is 5.97. The van der Waals surface area contributed by atoms with Crippen molar-refractivity contribution in [2.24, 2.45) is 0 Å². The molecule has 1 heterocycles. The van der Waals surface area contributed by atoms with Crippen LogP contribution in [0.3, 0.4) is 0 Å². The van der Waals surface area contributed by atoms with Crippen molar-refractivity contribution in [2.45, 2.75) is 56.6 Å². The van der Waals surface area contributed by atoms with Crippen molar-refractivity contribution in [1.29, 1.82) is 0 Å². The molecule has 3 atom stereocenters. The number of nitrogens with one attached hydrogen (secondary N) is 2. The molecule has 1 aliphatic rings. The van der Waals surface area contributed by atoms with Gasteiger partial charge in [-0.3, -0.25) is 0 Å². The second kappa shape index (κ2) is 5.61. The molecule has 0 spiro atoms. The summed E-state index contributed by atoms with van der Waals surface area (Å²) in [5, 5.41) is 3.39. The number of sulfonamides is 1. The Kier molecular flexibility index (Phi) is 4.28. The van der Waals surface area contributed by atoms with Crippen molar-refractivity contribution in [1.82, 2.24) is 10.0 Å². The number of benzene rings is 1. The first-order chi connectivity index (χ1) is 8.90. The molecule has 4 nitrogen and oxygen atoms in total. The molecule has 2 N–H and O–H groups in total. The van der Waals surface area contributed by atoms with E-state index < -0.39 is 10.0 Å². The zero-order valence-corrected chi connectivity index (χ0v) is 12.5. The van der Waals surface area contributed by atoms with E-state index in [2.05, 4.69) is 17.0 Å². The van der Waals surface area contributed by atoms with Crippen LogP contribution < -0.4 is 10.0 Å². The minimum absolute atomic E-state index is 0.0409. The molecule has 2 rings (SSSR count). The van der Waals surface area contributed by atoms with E-state index in [0.717, 1.165) is 18.4 Å². The number of rotatable bonds is 3. The van der Waals surface area contributed by atoms with Gasteiger partial charge in [0, 0.05) is 18.1 Å². The molecule has 1 saturated heterocycles. The molecule has 1 aromatic rings. The van der Waals surface area contributed by atoms with Crippen molar-refractivity contribution in [3.8, 4) is 0 Å². The largest absolute Gasteiger partial charge is 0.310 e. The van der Waals surface area contributed by atoms with Crippen LogP contribution in [0.2, 0.25) is 0 Å². The third-order valence-corrected chi connectivity index (χ3v) is 5.40. The molecule has 3 unspecified atom stereocenters. The van der Waals surface area contributed by atoms with E-state index in [1.165, 1.54) is 0 Å². The van der Waals surface area contributed by atoms with Gasteiger partial charge in [0.15, 0.2) is 0 Å². The summed E-state index contributed by atoms with van der Waals surface area (Å²) >= 11 is 0. The molecule has 106 valence electrons. The first-order valence-corrected chi connectivity index (χ1v) is 8.22. The van der Waals surface area contributed by atoms with Crippen LogP contribution in [0.5, 0.6) is 0 Å². The van der Waals surface area contributed by atoms with Crippen LogP contribution in [0.1, 0.15) is 32.3 Å². The highest BCUT2D eigenvalue weighted by Crippen LogP contribution is 2.18. The Bertz CT molecular complexity index is 542. The molecule has 0 amide bonds. The lowest BCUT2D eigenvalue weighted by Crippen LogP contribution is -2.54. The molecule has 19 heavy (non-hydrogen) atoms. The standard InChI is InChI=1S/C14H22N2O2S/c1-10-6-4-5-7-14(10)19(17,18)16-13-9-8-11(2)15-12(13)3/h4-7,11-13,15-16H,8-9H2,1-3H3.